The van der Waals surface area contributed by atoms with E-state index in [0.717, 1.165) is 70.6 Å². The zero-order valence-electron chi connectivity index (χ0n) is 35.8. The number of hydrogen-bond acceptors (Lipinski definition) is 6. The van der Waals surface area contributed by atoms with Gasteiger partial charge < -0.3 is 19.3 Å². The van der Waals surface area contributed by atoms with E-state index in [-0.39, 0.29) is 19.4 Å². The second kappa shape index (κ2) is 42.4. The molecule has 0 saturated heterocycles. The van der Waals surface area contributed by atoms with Crippen molar-refractivity contribution in [3.63, 3.8) is 0 Å². The van der Waals surface area contributed by atoms with E-state index >= 15 is 0 Å². The van der Waals surface area contributed by atoms with Crippen LogP contribution in [-0.4, -0.2) is 41.0 Å². The van der Waals surface area contributed by atoms with Gasteiger partial charge in [-0.25, -0.2) is 4.57 Å². The van der Waals surface area contributed by atoms with Crippen LogP contribution in [0.5, 0.6) is 0 Å². The highest BCUT2D eigenvalue weighted by Crippen LogP contribution is 2.36. The van der Waals surface area contributed by atoms with Gasteiger partial charge >= 0.3 is 19.8 Å². The summed E-state index contributed by atoms with van der Waals surface area (Å²) in [6.45, 7) is 3.56. The van der Waals surface area contributed by atoms with Crippen molar-refractivity contribution >= 4 is 19.8 Å². The van der Waals surface area contributed by atoms with Crippen LogP contribution in [-0.2, 0) is 28.2 Å². The summed E-state index contributed by atoms with van der Waals surface area (Å²) in [5.41, 5.74) is 0. The second-order valence-corrected chi connectivity index (χ2v) is 16.2. The molecule has 0 aromatic rings. The summed E-state index contributed by atoms with van der Waals surface area (Å²) in [7, 11) is -4.77. The van der Waals surface area contributed by atoms with E-state index in [0.29, 0.717) is 12.8 Å². The number of esters is 2. The molecule has 0 rings (SSSR count). The third-order valence-electron chi connectivity index (χ3n) is 9.55. The van der Waals surface area contributed by atoms with Gasteiger partial charge in [0, 0.05) is 12.8 Å². The SMILES string of the molecule is CC/C=C\C/C=C\C/C=C\C/C=C\C/C=C\CCCCCC(=O)OC[C@H](COP(=O)(O)O)OC(=O)CCCCCCCCCCCCCCCCCCCCC. The van der Waals surface area contributed by atoms with E-state index < -0.39 is 32.5 Å². The van der Waals surface area contributed by atoms with Crippen molar-refractivity contribution in [2.45, 2.75) is 213 Å². The van der Waals surface area contributed by atoms with Crippen LogP contribution in [0.1, 0.15) is 206 Å². The third kappa shape index (κ3) is 44.5. The first-order valence-electron chi connectivity index (χ1n) is 22.6. The third-order valence-corrected chi connectivity index (χ3v) is 10.0. The second-order valence-electron chi connectivity index (χ2n) is 15.0. The van der Waals surface area contributed by atoms with Crippen molar-refractivity contribution in [2.75, 3.05) is 13.2 Å². The van der Waals surface area contributed by atoms with Crippen molar-refractivity contribution in [2.24, 2.45) is 0 Å². The number of allylic oxidation sites excluding steroid dienone is 10. The van der Waals surface area contributed by atoms with E-state index in [1.165, 1.54) is 96.3 Å². The molecule has 0 heterocycles. The molecular weight excluding hydrogens is 723 g/mol. The number of carbonyl (C=O) groups excluding carboxylic acids is 2. The van der Waals surface area contributed by atoms with Crippen molar-refractivity contribution in [1.29, 1.82) is 0 Å². The fourth-order valence-corrected chi connectivity index (χ4v) is 6.58. The molecule has 0 aromatic heterocycles. The number of phosphoric acid groups is 1. The Kier molecular flexibility index (Phi) is 40.7. The number of rotatable bonds is 41. The number of hydrogen-bond donors (Lipinski definition) is 2. The van der Waals surface area contributed by atoms with Gasteiger partial charge in [-0.3, -0.25) is 14.1 Å². The van der Waals surface area contributed by atoms with Crippen LogP contribution >= 0.6 is 7.82 Å². The quantitative estimate of drug-likeness (QED) is 0.0271. The maximum Gasteiger partial charge on any atom is 0.469 e. The van der Waals surface area contributed by atoms with Crippen molar-refractivity contribution in [1.82, 2.24) is 0 Å². The van der Waals surface area contributed by atoms with Crippen LogP contribution in [0, 0.1) is 0 Å². The van der Waals surface area contributed by atoms with Gasteiger partial charge in [0.1, 0.15) is 6.61 Å². The van der Waals surface area contributed by atoms with Gasteiger partial charge in [-0.2, -0.15) is 0 Å². The molecule has 0 bridgehead atoms. The lowest BCUT2D eigenvalue weighted by Gasteiger charge is -2.18. The maximum absolute atomic E-state index is 12.4. The number of unbranched alkanes of at least 4 members (excludes halogenated alkanes) is 21. The molecule has 0 amide bonds. The lowest BCUT2D eigenvalue weighted by atomic mass is 10.0. The summed E-state index contributed by atoms with van der Waals surface area (Å²) < 4.78 is 26.4. The van der Waals surface area contributed by atoms with E-state index in [2.05, 4.69) is 79.1 Å². The summed E-state index contributed by atoms with van der Waals surface area (Å²) in [5, 5.41) is 0. The molecule has 0 radical (unpaired) electrons. The van der Waals surface area contributed by atoms with Gasteiger partial charge in [-0.1, -0.05) is 197 Å². The predicted octanol–water partition coefficient (Wildman–Crippen LogP) is 14.1. The van der Waals surface area contributed by atoms with Gasteiger partial charge in [-0.05, 0) is 57.8 Å². The van der Waals surface area contributed by atoms with Gasteiger partial charge in [-0.15, -0.1) is 0 Å². The van der Waals surface area contributed by atoms with E-state index in [4.69, 9.17) is 19.3 Å². The summed E-state index contributed by atoms with van der Waals surface area (Å²) in [5.74, 6) is -0.918. The molecule has 8 nitrogen and oxygen atoms in total. The van der Waals surface area contributed by atoms with Crippen molar-refractivity contribution < 1.29 is 37.9 Å². The average Bonchev–Trinajstić information content (AvgIpc) is 3.17. The maximum atomic E-state index is 12.4. The van der Waals surface area contributed by atoms with Crippen LogP contribution in [0.2, 0.25) is 0 Å². The van der Waals surface area contributed by atoms with Crippen molar-refractivity contribution in [3.8, 4) is 0 Å². The molecule has 56 heavy (non-hydrogen) atoms. The predicted molar refractivity (Wildman–Crippen MR) is 234 cm³/mol. The summed E-state index contributed by atoms with van der Waals surface area (Å²) in [6.07, 6.45) is 53.7. The van der Waals surface area contributed by atoms with E-state index in [1.807, 2.05) is 0 Å². The van der Waals surface area contributed by atoms with Crippen LogP contribution in [0.3, 0.4) is 0 Å². The Labute approximate surface area is 343 Å². The molecule has 2 N–H and O–H groups in total. The Morgan fingerprint density at radius 1 is 0.482 bits per heavy atom. The van der Waals surface area contributed by atoms with Gasteiger partial charge in [0.05, 0.1) is 6.61 Å². The zero-order chi connectivity index (χ0) is 41.1. The molecule has 0 fully saturated rings. The number of phosphoric ester groups is 1. The number of carbonyl (C=O) groups is 2. The highest BCUT2D eigenvalue weighted by atomic mass is 31.2. The minimum atomic E-state index is -4.77. The molecule has 0 unspecified atom stereocenters. The molecule has 0 aliphatic rings. The molecule has 0 aliphatic carbocycles. The molecule has 0 spiro atoms. The smallest absolute Gasteiger partial charge is 0.462 e. The Morgan fingerprint density at radius 3 is 1.29 bits per heavy atom. The number of ether oxygens (including phenoxy) is 2. The molecule has 0 aliphatic heterocycles. The largest absolute Gasteiger partial charge is 0.469 e. The van der Waals surface area contributed by atoms with Crippen LogP contribution in [0.15, 0.2) is 60.8 Å². The zero-order valence-corrected chi connectivity index (χ0v) is 36.7. The molecule has 1 atom stereocenters. The Bertz CT molecular complexity index is 1090. The minimum absolute atomic E-state index is 0.205. The molecule has 9 heteroatoms. The lowest BCUT2D eigenvalue weighted by Crippen LogP contribution is -2.29. The normalized spacial score (nSPS) is 13.0. The van der Waals surface area contributed by atoms with Crippen LogP contribution in [0.4, 0.5) is 0 Å². The first-order valence-corrected chi connectivity index (χ1v) is 24.1. The summed E-state index contributed by atoms with van der Waals surface area (Å²) in [6, 6.07) is 0. The Balaban J connectivity index is 3.93. The fourth-order valence-electron chi connectivity index (χ4n) is 6.22. The topological polar surface area (TPSA) is 119 Å². The first-order chi connectivity index (χ1) is 27.3. The Hall–Kier alpha value is -2.25. The fraction of sp³-hybridized carbons (Fsp3) is 0.745. The lowest BCUT2D eigenvalue weighted by molar-refractivity contribution is -0.161. The molecule has 0 aromatic carbocycles. The minimum Gasteiger partial charge on any atom is -0.462 e. The van der Waals surface area contributed by atoms with Gasteiger partial charge in [0.15, 0.2) is 6.10 Å². The van der Waals surface area contributed by atoms with Crippen molar-refractivity contribution in [3.05, 3.63) is 60.8 Å². The average molecular weight is 807 g/mol. The molecular formula is C47H83O8P. The van der Waals surface area contributed by atoms with E-state index in [9.17, 15) is 14.2 Å². The first kappa shape index (κ1) is 53.8. The molecule has 324 valence electrons. The standard InChI is InChI=1S/C47H83O8P/c1-3-5-7-9-11-13-15-17-19-21-23-25-27-29-31-33-35-37-39-41-46(48)53-43-45(44-54-56(50,51)52)55-47(49)42-40-38-36-34-32-30-28-26-24-22-20-18-16-14-12-10-8-6-4-2/h5,7,11,13,17,19,23,25,29,31,45H,3-4,6,8-10,12,14-16,18,20-22,24,26-28,30,32-44H2,1-2H3,(H2,50,51,52)/b7-5-,13-11-,19-17-,25-23-,31-29-/t45-/m1/s1. The van der Waals surface area contributed by atoms with Crippen LogP contribution in [0.25, 0.3) is 0 Å². The summed E-state index contributed by atoms with van der Waals surface area (Å²) >= 11 is 0. The monoisotopic (exact) mass is 807 g/mol. The van der Waals surface area contributed by atoms with Gasteiger partial charge in [0.2, 0.25) is 0 Å². The Morgan fingerprint density at radius 2 is 0.857 bits per heavy atom. The molecule has 0 saturated carbocycles. The summed E-state index contributed by atoms with van der Waals surface area (Å²) in [4.78, 5) is 42.9. The highest BCUT2D eigenvalue weighted by molar-refractivity contribution is 7.46. The van der Waals surface area contributed by atoms with Gasteiger partial charge in [0.25, 0.3) is 0 Å². The van der Waals surface area contributed by atoms with Crippen LogP contribution < -0.4 is 0 Å². The van der Waals surface area contributed by atoms with E-state index in [1.54, 1.807) is 0 Å². The highest BCUT2D eigenvalue weighted by Gasteiger charge is 2.22.